The van der Waals surface area contributed by atoms with Crippen molar-refractivity contribution < 1.29 is 0 Å². The third-order valence-electron chi connectivity index (χ3n) is 2.53. The van der Waals surface area contributed by atoms with Crippen LogP contribution in [0.3, 0.4) is 0 Å². The molecule has 0 aliphatic carbocycles. The maximum absolute atomic E-state index is 2.42. The van der Waals surface area contributed by atoms with Crippen molar-refractivity contribution in [3.63, 3.8) is 0 Å². The lowest BCUT2D eigenvalue weighted by Crippen LogP contribution is -2.06. The molecular formula is C12H10INS. The molecule has 1 aliphatic heterocycles. The Labute approximate surface area is 104 Å². The largest absolute Gasteiger partial charge is 0.321 e. The molecule has 0 radical (unpaired) electrons. The van der Waals surface area contributed by atoms with Gasteiger partial charge in [-0.2, -0.15) is 0 Å². The maximum atomic E-state index is 2.42. The van der Waals surface area contributed by atoms with Crippen LogP contribution in [0.25, 0.3) is 10.8 Å². The summed E-state index contributed by atoms with van der Waals surface area (Å²) in [6.07, 6.45) is 0. The van der Waals surface area contributed by atoms with Gasteiger partial charge in [0.2, 0.25) is 0 Å². The number of fused-ring (bicyclic) bond motifs is 3. The van der Waals surface area contributed by atoms with E-state index in [1.807, 2.05) is 11.8 Å². The molecule has 76 valence electrons. The summed E-state index contributed by atoms with van der Waals surface area (Å²) >= 11 is 1.95. The van der Waals surface area contributed by atoms with Crippen LogP contribution in [0.2, 0.25) is 0 Å². The summed E-state index contributed by atoms with van der Waals surface area (Å²) in [7, 11) is 2.20. The molecule has 15 heavy (non-hydrogen) atoms. The number of benzene rings is 2. The number of nitrogens with zero attached hydrogens (tertiary/aromatic N) is 1. The van der Waals surface area contributed by atoms with E-state index in [9.17, 15) is 0 Å². The van der Waals surface area contributed by atoms with E-state index in [-0.39, 0.29) is 21.0 Å². The van der Waals surface area contributed by atoms with E-state index >= 15 is 0 Å². The van der Waals surface area contributed by atoms with Crippen molar-refractivity contribution in [3.8, 4) is 0 Å². The topological polar surface area (TPSA) is 3.24 Å². The SMILES string of the molecule is CN1I=CSc2ccc3ccccc3c21. The highest BCUT2D eigenvalue weighted by Crippen LogP contribution is 2.41. The summed E-state index contributed by atoms with van der Waals surface area (Å²) in [6.45, 7) is 0. The van der Waals surface area contributed by atoms with Crippen LogP contribution in [0.15, 0.2) is 41.3 Å². The van der Waals surface area contributed by atoms with Gasteiger partial charge in [0.05, 0.1) is 5.69 Å². The molecule has 0 saturated carbocycles. The van der Waals surface area contributed by atoms with Crippen molar-refractivity contribution in [1.29, 1.82) is 0 Å². The van der Waals surface area contributed by atoms with E-state index in [0.29, 0.717) is 0 Å². The molecule has 3 heteroatoms. The predicted octanol–water partition coefficient (Wildman–Crippen LogP) is 4.03. The zero-order valence-corrected chi connectivity index (χ0v) is 11.2. The van der Waals surface area contributed by atoms with E-state index in [1.165, 1.54) is 21.4 Å². The number of anilines is 1. The number of rotatable bonds is 0. The molecule has 3 rings (SSSR count). The van der Waals surface area contributed by atoms with Crippen LogP contribution in [0, 0.1) is 0 Å². The minimum Gasteiger partial charge on any atom is -0.321 e. The Balaban J connectivity index is 2.38. The van der Waals surface area contributed by atoms with Crippen molar-refractivity contribution in [2.45, 2.75) is 4.90 Å². The fourth-order valence-corrected chi connectivity index (χ4v) is 5.73. The monoisotopic (exact) mass is 327 g/mol. The summed E-state index contributed by atoms with van der Waals surface area (Å²) < 4.78 is 4.78. The summed E-state index contributed by atoms with van der Waals surface area (Å²) in [5, 5.41) is 2.73. The van der Waals surface area contributed by atoms with Crippen molar-refractivity contribution in [1.82, 2.24) is 0 Å². The van der Waals surface area contributed by atoms with Gasteiger partial charge in [-0.25, -0.2) is 0 Å². The van der Waals surface area contributed by atoms with Gasteiger partial charge in [0, 0.05) is 41.7 Å². The van der Waals surface area contributed by atoms with E-state index in [0.717, 1.165) is 0 Å². The van der Waals surface area contributed by atoms with Gasteiger partial charge in [-0.05, 0) is 11.5 Å². The molecule has 0 unspecified atom stereocenters. The Morgan fingerprint density at radius 2 is 2.00 bits per heavy atom. The van der Waals surface area contributed by atoms with Crippen LogP contribution in [0.4, 0.5) is 5.69 Å². The van der Waals surface area contributed by atoms with Crippen LogP contribution in [-0.4, -0.2) is 10.4 Å². The number of thioether (sulfide) groups is 1. The molecule has 0 N–H and O–H groups in total. The van der Waals surface area contributed by atoms with Gasteiger partial charge in [0.15, 0.2) is 0 Å². The Kier molecular flexibility index (Phi) is 2.44. The first-order valence-corrected chi connectivity index (χ1v) is 7.83. The van der Waals surface area contributed by atoms with Crippen LogP contribution in [-0.2, 0) is 0 Å². The molecular weight excluding hydrogens is 317 g/mol. The van der Waals surface area contributed by atoms with Gasteiger partial charge >= 0.3 is 0 Å². The molecule has 0 bridgehead atoms. The molecule has 2 aromatic carbocycles. The Bertz CT molecular complexity index is 550. The second-order valence-electron chi connectivity index (χ2n) is 3.42. The molecule has 1 nitrogen and oxygen atoms in total. The van der Waals surface area contributed by atoms with Gasteiger partial charge in [-0.1, -0.05) is 42.1 Å². The Morgan fingerprint density at radius 3 is 2.93 bits per heavy atom. The third-order valence-corrected chi connectivity index (χ3v) is 6.04. The standard InChI is InChI=1S/C12H10INS/c1-14-12-10-5-3-2-4-9(10)6-7-11(12)15-8-13-14/h2-8H,1H3. The van der Waals surface area contributed by atoms with Gasteiger partial charge < -0.3 is 3.11 Å². The Hall–Kier alpha value is -0.550. The quantitative estimate of drug-likeness (QED) is 0.531. The highest BCUT2D eigenvalue weighted by Gasteiger charge is 2.13. The van der Waals surface area contributed by atoms with Crippen LogP contribution < -0.4 is 3.11 Å². The smallest absolute Gasteiger partial charge is 0.0669 e. The molecule has 0 saturated heterocycles. The summed E-state index contributed by atoms with van der Waals surface area (Å²) in [5.74, 6) is 0. The lowest BCUT2D eigenvalue weighted by molar-refractivity contribution is 1.35. The fourth-order valence-electron chi connectivity index (χ4n) is 1.82. The molecule has 1 heterocycles. The zero-order valence-electron chi connectivity index (χ0n) is 8.27. The molecule has 1 aliphatic rings. The molecule has 0 spiro atoms. The molecule has 0 amide bonds. The number of hydrogen-bond donors (Lipinski definition) is 0. The van der Waals surface area contributed by atoms with Crippen molar-refractivity contribution in [2.24, 2.45) is 0 Å². The first-order valence-electron chi connectivity index (χ1n) is 4.74. The number of halogens is 1. The van der Waals surface area contributed by atoms with E-state index in [1.54, 1.807) is 0 Å². The van der Waals surface area contributed by atoms with Crippen LogP contribution in [0.1, 0.15) is 0 Å². The van der Waals surface area contributed by atoms with Crippen molar-refractivity contribution in [3.05, 3.63) is 36.4 Å². The maximum Gasteiger partial charge on any atom is 0.0669 e. The van der Waals surface area contributed by atoms with Crippen molar-refractivity contribution in [2.75, 3.05) is 10.2 Å². The van der Waals surface area contributed by atoms with Gasteiger partial charge in [-0.3, -0.25) is 0 Å². The van der Waals surface area contributed by atoms with Crippen molar-refractivity contribution >= 4 is 52.6 Å². The third kappa shape index (κ3) is 1.58. The lowest BCUT2D eigenvalue weighted by Gasteiger charge is -2.22. The highest BCUT2D eigenvalue weighted by molar-refractivity contribution is 14.2. The zero-order chi connectivity index (χ0) is 10.3. The summed E-state index contributed by atoms with van der Waals surface area (Å²) in [5.41, 5.74) is 1.42. The first-order chi connectivity index (χ1) is 7.36. The van der Waals surface area contributed by atoms with Gasteiger partial charge in [-0.15, -0.1) is 0 Å². The van der Waals surface area contributed by atoms with E-state index in [2.05, 4.69) is 49.9 Å². The first kappa shape index (κ1) is 9.66. The van der Waals surface area contributed by atoms with E-state index in [4.69, 9.17) is 0 Å². The van der Waals surface area contributed by atoms with E-state index < -0.39 is 0 Å². The fraction of sp³-hybridized carbons (Fsp3) is 0.0833. The average molecular weight is 327 g/mol. The Morgan fingerprint density at radius 1 is 1.13 bits per heavy atom. The molecule has 2 aromatic rings. The molecule has 0 atom stereocenters. The minimum atomic E-state index is 0.0594. The van der Waals surface area contributed by atoms with Gasteiger partial charge in [0.25, 0.3) is 0 Å². The van der Waals surface area contributed by atoms with Gasteiger partial charge in [0.1, 0.15) is 0 Å². The second-order valence-corrected chi connectivity index (χ2v) is 7.80. The highest BCUT2D eigenvalue weighted by atomic mass is 127. The molecule has 0 aromatic heterocycles. The minimum absolute atomic E-state index is 0.0594. The summed E-state index contributed by atoms with van der Waals surface area (Å²) in [6, 6.07) is 13.1. The predicted molar refractivity (Wildman–Crippen MR) is 78.3 cm³/mol. The second kappa shape index (κ2) is 3.79. The molecule has 0 fully saturated rings. The van der Waals surface area contributed by atoms with Crippen LogP contribution in [0.5, 0.6) is 0 Å². The number of hydrogen-bond acceptors (Lipinski definition) is 2. The average Bonchev–Trinajstić information content (AvgIpc) is 2.29. The van der Waals surface area contributed by atoms with Crippen LogP contribution >= 0.6 is 32.8 Å². The summed E-state index contributed by atoms with van der Waals surface area (Å²) in [4.78, 5) is 1.39. The lowest BCUT2D eigenvalue weighted by atomic mass is 10.1. The normalized spacial score (nSPS) is 14.9.